The van der Waals surface area contributed by atoms with Crippen LogP contribution in [0.1, 0.15) is 51.4 Å². The van der Waals surface area contributed by atoms with E-state index in [9.17, 15) is 4.79 Å². The van der Waals surface area contributed by atoms with E-state index in [0.717, 1.165) is 25.7 Å². The average molecular weight is 221 g/mol. The number of carbonyl (C=O) groups excluding carboxylic acids is 1. The molecule has 1 aliphatic heterocycles. The number of nitrogens with zero attached hydrogens (tertiary/aromatic N) is 2. The molecule has 4 heteroatoms. The number of urea groups is 1. The molecule has 2 fully saturated rings. The summed E-state index contributed by atoms with van der Waals surface area (Å²) in [5.41, 5.74) is 5.85. The molecule has 0 atom stereocenters. The minimum absolute atomic E-state index is 0.0816. The summed E-state index contributed by atoms with van der Waals surface area (Å²) >= 11 is 0. The number of amidine groups is 1. The van der Waals surface area contributed by atoms with Crippen molar-refractivity contribution in [1.82, 2.24) is 4.90 Å². The molecule has 2 aliphatic carbocycles. The second-order valence-electron chi connectivity index (χ2n) is 5.33. The number of hydrogen-bond donors (Lipinski definition) is 1. The van der Waals surface area contributed by atoms with Crippen molar-refractivity contribution < 1.29 is 4.79 Å². The molecule has 0 bridgehead atoms. The monoisotopic (exact) mass is 221 g/mol. The Balaban J connectivity index is 1.94. The minimum atomic E-state index is -0.200. The Morgan fingerprint density at radius 1 is 1.19 bits per heavy atom. The van der Waals surface area contributed by atoms with Crippen LogP contribution >= 0.6 is 0 Å². The zero-order valence-corrected chi connectivity index (χ0v) is 9.61. The number of hydrogen-bond acceptors (Lipinski definition) is 2. The van der Waals surface area contributed by atoms with Crippen LogP contribution in [0, 0.1) is 0 Å². The molecule has 2 amide bonds. The number of carbonyl (C=O) groups is 1. The highest BCUT2D eigenvalue weighted by Crippen LogP contribution is 2.43. The van der Waals surface area contributed by atoms with Gasteiger partial charge in [0.05, 0.1) is 0 Å². The van der Waals surface area contributed by atoms with Crippen LogP contribution in [-0.2, 0) is 0 Å². The lowest BCUT2D eigenvalue weighted by Crippen LogP contribution is -2.54. The molecule has 2 saturated carbocycles. The zero-order valence-electron chi connectivity index (χ0n) is 9.61. The van der Waals surface area contributed by atoms with Gasteiger partial charge in [-0.05, 0) is 25.7 Å². The van der Waals surface area contributed by atoms with Gasteiger partial charge in [-0.3, -0.25) is 0 Å². The smallest absolute Gasteiger partial charge is 0.346 e. The topological polar surface area (TPSA) is 58.7 Å². The normalized spacial score (nSPS) is 29.4. The Labute approximate surface area is 95.9 Å². The SMILES string of the molecule is NC1=NC(=O)N(C2CC2)C12CCCCCC2. The van der Waals surface area contributed by atoms with Crippen LogP contribution in [0.4, 0.5) is 4.79 Å². The zero-order chi connectivity index (χ0) is 11.2. The fourth-order valence-electron chi connectivity index (χ4n) is 3.22. The van der Waals surface area contributed by atoms with E-state index in [0.29, 0.717) is 11.9 Å². The number of nitrogens with two attached hydrogens (primary N) is 1. The highest BCUT2D eigenvalue weighted by molar-refractivity contribution is 6.06. The third kappa shape index (κ3) is 1.35. The molecular formula is C12H19N3O. The van der Waals surface area contributed by atoms with Crippen LogP contribution < -0.4 is 5.73 Å². The molecule has 0 aromatic carbocycles. The first-order chi connectivity index (χ1) is 7.74. The molecular weight excluding hydrogens is 202 g/mol. The standard InChI is InChI=1S/C12H19N3O/c13-10-12(7-3-1-2-4-8-12)15(9-5-6-9)11(16)14-10/h9H,1-8H2,(H2,13,14,16). The van der Waals surface area contributed by atoms with Gasteiger partial charge < -0.3 is 10.6 Å². The molecule has 3 rings (SSSR count). The van der Waals surface area contributed by atoms with E-state index in [1.54, 1.807) is 0 Å². The molecule has 1 spiro atoms. The van der Waals surface area contributed by atoms with Crippen LogP contribution in [0.3, 0.4) is 0 Å². The van der Waals surface area contributed by atoms with Crippen molar-refractivity contribution in [3.63, 3.8) is 0 Å². The van der Waals surface area contributed by atoms with Crippen LogP contribution in [-0.4, -0.2) is 28.3 Å². The van der Waals surface area contributed by atoms with Crippen LogP contribution in [0.25, 0.3) is 0 Å². The van der Waals surface area contributed by atoms with Crippen LogP contribution in [0.5, 0.6) is 0 Å². The lowest BCUT2D eigenvalue weighted by Gasteiger charge is -2.37. The Hall–Kier alpha value is -1.06. The summed E-state index contributed by atoms with van der Waals surface area (Å²) in [7, 11) is 0. The van der Waals surface area contributed by atoms with Gasteiger partial charge in [-0.25, -0.2) is 4.79 Å². The average Bonchev–Trinajstić information content (AvgIpc) is 3.02. The van der Waals surface area contributed by atoms with E-state index < -0.39 is 0 Å². The van der Waals surface area contributed by atoms with Gasteiger partial charge in [0.25, 0.3) is 0 Å². The van der Waals surface area contributed by atoms with Crippen LogP contribution in [0.15, 0.2) is 4.99 Å². The van der Waals surface area contributed by atoms with Crippen molar-refractivity contribution in [3.8, 4) is 0 Å². The summed E-state index contributed by atoms with van der Waals surface area (Å²) in [4.78, 5) is 17.9. The highest BCUT2D eigenvalue weighted by atomic mass is 16.2. The van der Waals surface area contributed by atoms with Gasteiger partial charge in [0.2, 0.25) is 0 Å². The second-order valence-corrected chi connectivity index (χ2v) is 5.33. The summed E-state index contributed by atoms with van der Waals surface area (Å²) in [6.07, 6.45) is 9.19. The highest BCUT2D eigenvalue weighted by Gasteiger charge is 2.53. The number of rotatable bonds is 1. The van der Waals surface area contributed by atoms with Crippen molar-refractivity contribution in [1.29, 1.82) is 0 Å². The fraction of sp³-hybridized carbons (Fsp3) is 0.833. The lowest BCUT2D eigenvalue weighted by molar-refractivity contribution is 0.154. The first-order valence-electron chi connectivity index (χ1n) is 6.42. The van der Waals surface area contributed by atoms with Gasteiger partial charge in [0, 0.05) is 6.04 Å². The van der Waals surface area contributed by atoms with Gasteiger partial charge in [-0.15, -0.1) is 0 Å². The molecule has 2 N–H and O–H groups in total. The van der Waals surface area contributed by atoms with Gasteiger partial charge >= 0.3 is 6.03 Å². The van der Waals surface area contributed by atoms with E-state index in [1.807, 2.05) is 4.90 Å². The first-order valence-corrected chi connectivity index (χ1v) is 6.42. The minimum Gasteiger partial charge on any atom is -0.385 e. The van der Waals surface area contributed by atoms with E-state index >= 15 is 0 Å². The second kappa shape index (κ2) is 3.47. The third-order valence-electron chi connectivity index (χ3n) is 4.20. The lowest BCUT2D eigenvalue weighted by atomic mass is 9.88. The fourth-order valence-corrected chi connectivity index (χ4v) is 3.22. The summed E-state index contributed by atoms with van der Waals surface area (Å²) in [6.45, 7) is 0. The summed E-state index contributed by atoms with van der Waals surface area (Å²) in [6, 6.07) is 0.345. The van der Waals surface area contributed by atoms with E-state index in [2.05, 4.69) is 4.99 Å². The van der Waals surface area contributed by atoms with E-state index in [4.69, 9.17) is 5.73 Å². The van der Waals surface area contributed by atoms with Crippen LogP contribution in [0.2, 0.25) is 0 Å². The van der Waals surface area contributed by atoms with Crippen molar-refractivity contribution in [3.05, 3.63) is 0 Å². The Morgan fingerprint density at radius 2 is 1.81 bits per heavy atom. The van der Waals surface area contributed by atoms with Crippen molar-refractivity contribution in [2.24, 2.45) is 10.7 Å². The third-order valence-corrected chi connectivity index (χ3v) is 4.20. The Kier molecular flexibility index (Phi) is 2.19. The molecule has 16 heavy (non-hydrogen) atoms. The van der Waals surface area contributed by atoms with Gasteiger partial charge in [0.15, 0.2) is 0 Å². The molecule has 4 nitrogen and oxygen atoms in total. The maximum absolute atomic E-state index is 11.9. The number of amides is 2. The summed E-state index contributed by atoms with van der Waals surface area (Å²) in [5, 5.41) is 0. The van der Waals surface area contributed by atoms with E-state index in [1.165, 1.54) is 25.7 Å². The van der Waals surface area contributed by atoms with Crippen molar-refractivity contribution >= 4 is 11.9 Å². The first kappa shape index (κ1) is 10.1. The van der Waals surface area contributed by atoms with Gasteiger partial charge in [-0.2, -0.15) is 4.99 Å². The molecule has 0 radical (unpaired) electrons. The quantitative estimate of drug-likeness (QED) is 0.736. The van der Waals surface area contributed by atoms with Crippen molar-refractivity contribution in [2.75, 3.05) is 0 Å². The maximum Gasteiger partial charge on any atom is 0.346 e. The molecule has 1 heterocycles. The van der Waals surface area contributed by atoms with Crippen molar-refractivity contribution in [2.45, 2.75) is 62.9 Å². The molecule has 3 aliphatic rings. The molecule has 0 aromatic heterocycles. The maximum atomic E-state index is 11.9. The summed E-state index contributed by atoms with van der Waals surface area (Å²) in [5.74, 6) is 0.589. The predicted octanol–water partition coefficient (Wildman–Crippen LogP) is 2.03. The Morgan fingerprint density at radius 3 is 2.38 bits per heavy atom. The van der Waals surface area contributed by atoms with Gasteiger partial charge in [0.1, 0.15) is 11.4 Å². The number of aliphatic imine (C=N–C) groups is 1. The van der Waals surface area contributed by atoms with E-state index in [-0.39, 0.29) is 11.6 Å². The molecule has 0 aromatic rings. The molecule has 0 unspecified atom stereocenters. The van der Waals surface area contributed by atoms with Gasteiger partial charge in [-0.1, -0.05) is 25.7 Å². The largest absolute Gasteiger partial charge is 0.385 e. The Bertz CT molecular complexity index is 338. The molecule has 0 saturated heterocycles. The predicted molar refractivity (Wildman–Crippen MR) is 62.3 cm³/mol. The summed E-state index contributed by atoms with van der Waals surface area (Å²) < 4.78 is 0. The molecule has 88 valence electrons.